The van der Waals surface area contributed by atoms with E-state index in [-0.39, 0.29) is 22.9 Å². The smallest absolute Gasteiger partial charge is 0.203 e. The summed E-state index contributed by atoms with van der Waals surface area (Å²) in [5, 5.41) is 0.232. The first-order chi connectivity index (χ1) is 8.85. The standard InChI is InChI=1S/C15H33O3PSi/c1-12(2)17-19(6,16)14-10-9-13(11-14)18-20(7,8)15(3,4)5/h12-14H,9-11H2,1-8H3/t13-,14+,19?/m1/s1. The Hall–Kier alpha value is 0.367. The predicted molar refractivity (Wildman–Crippen MR) is 89.5 cm³/mol. The number of hydrogen-bond acceptors (Lipinski definition) is 3. The maximum atomic E-state index is 12.7. The lowest BCUT2D eigenvalue weighted by Gasteiger charge is -2.38. The summed E-state index contributed by atoms with van der Waals surface area (Å²) < 4.78 is 24.8. The van der Waals surface area contributed by atoms with Gasteiger partial charge in [0, 0.05) is 18.4 Å². The maximum Gasteiger partial charge on any atom is 0.203 e. The van der Waals surface area contributed by atoms with Crippen molar-refractivity contribution < 1.29 is 13.5 Å². The molecule has 5 heteroatoms. The molecule has 0 saturated heterocycles. The van der Waals surface area contributed by atoms with Crippen molar-refractivity contribution in [2.24, 2.45) is 0 Å². The van der Waals surface area contributed by atoms with E-state index in [0.717, 1.165) is 19.3 Å². The average Bonchev–Trinajstić information content (AvgIpc) is 2.61. The fourth-order valence-electron chi connectivity index (χ4n) is 2.55. The first kappa shape index (κ1) is 18.4. The predicted octanol–water partition coefficient (Wildman–Crippen LogP) is 5.26. The van der Waals surface area contributed by atoms with E-state index >= 15 is 0 Å². The molecule has 3 nitrogen and oxygen atoms in total. The monoisotopic (exact) mass is 320 g/mol. The van der Waals surface area contributed by atoms with Gasteiger partial charge in [0.05, 0.1) is 6.10 Å². The van der Waals surface area contributed by atoms with Crippen molar-refractivity contribution in [3.05, 3.63) is 0 Å². The van der Waals surface area contributed by atoms with Crippen LogP contribution < -0.4 is 0 Å². The van der Waals surface area contributed by atoms with Crippen LogP contribution in [-0.4, -0.2) is 32.8 Å². The lowest BCUT2D eigenvalue weighted by atomic mass is 10.2. The average molecular weight is 320 g/mol. The minimum absolute atomic E-state index is 0.0335. The summed E-state index contributed by atoms with van der Waals surface area (Å²) in [7, 11) is -4.23. The van der Waals surface area contributed by atoms with E-state index in [2.05, 4.69) is 33.9 Å². The highest BCUT2D eigenvalue weighted by atomic mass is 31.2. The molecule has 0 radical (unpaired) electrons. The van der Waals surface area contributed by atoms with Crippen LogP contribution >= 0.6 is 7.37 Å². The molecule has 0 N–H and O–H groups in total. The van der Waals surface area contributed by atoms with Gasteiger partial charge in [-0.2, -0.15) is 0 Å². The van der Waals surface area contributed by atoms with Crippen molar-refractivity contribution in [1.82, 2.24) is 0 Å². The Morgan fingerprint density at radius 3 is 2.20 bits per heavy atom. The third-order valence-corrected chi connectivity index (χ3v) is 11.9. The summed E-state index contributed by atoms with van der Waals surface area (Å²) >= 11 is 0. The largest absolute Gasteiger partial charge is 0.414 e. The van der Waals surface area contributed by atoms with Crippen LogP contribution in [0, 0.1) is 0 Å². The van der Waals surface area contributed by atoms with Crippen molar-refractivity contribution in [3.8, 4) is 0 Å². The van der Waals surface area contributed by atoms with Gasteiger partial charge in [-0.15, -0.1) is 0 Å². The van der Waals surface area contributed by atoms with Gasteiger partial charge in [-0.3, -0.25) is 4.57 Å². The Kier molecular flexibility index (Phi) is 5.74. The molecule has 1 aliphatic carbocycles. The zero-order valence-corrected chi connectivity index (χ0v) is 16.4. The molecule has 0 heterocycles. The van der Waals surface area contributed by atoms with Crippen molar-refractivity contribution in [3.63, 3.8) is 0 Å². The molecule has 0 bridgehead atoms. The summed E-state index contributed by atoms with van der Waals surface area (Å²) in [6.07, 6.45) is 3.19. The van der Waals surface area contributed by atoms with Gasteiger partial charge in [-0.25, -0.2) is 0 Å². The number of hydrogen-bond donors (Lipinski definition) is 0. The Balaban J connectivity index is 2.63. The van der Waals surface area contributed by atoms with Crippen LogP contribution in [0.4, 0.5) is 0 Å². The van der Waals surface area contributed by atoms with E-state index in [1.807, 2.05) is 13.8 Å². The molecule has 0 aromatic heterocycles. The molecular weight excluding hydrogens is 287 g/mol. The van der Waals surface area contributed by atoms with Crippen molar-refractivity contribution in [2.75, 3.05) is 6.66 Å². The van der Waals surface area contributed by atoms with E-state index in [1.54, 1.807) is 6.66 Å². The van der Waals surface area contributed by atoms with E-state index in [1.165, 1.54) is 0 Å². The molecule has 1 unspecified atom stereocenters. The molecule has 0 aromatic carbocycles. The fourth-order valence-corrected chi connectivity index (χ4v) is 6.20. The first-order valence-corrected chi connectivity index (χ1v) is 12.8. The van der Waals surface area contributed by atoms with Crippen LogP contribution in [0.15, 0.2) is 0 Å². The van der Waals surface area contributed by atoms with Gasteiger partial charge < -0.3 is 8.95 Å². The molecule has 0 amide bonds. The summed E-state index contributed by atoms with van der Waals surface area (Å²) in [6, 6.07) is 0. The Bertz CT molecular complexity index is 374. The molecule has 0 aliphatic heterocycles. The van der Waals surface area contributed by atoms with Gasteiger partial charge >= 0.3 is 0 Å². The second kappa shape index (κ2) is 6.24. The number of rotatable bonds is 5. The summed E-state index contributed by atoms with van der Waals surface area (Å²) in [5.41, 5.74) is 0.180. The lowest BCUT2D eigenvalue weighted by Crippen LogP contribution is -2.43. The maximum absolute atomic E-state index is 12.7. The SMILES string of the molecule is CC(C)OP(C)(=O)[C@H]1CC[C@@H](O[Si](C)(C)C(C)(C)C)C1. The van der Waals surface area contributed by atoms with Crippen LogP contribution in [0.2, 0.25) is 18.1 Å². The minimum atomic E-state index is -2.50. The molecule has 0 spiro atoms. The minimum Gasteiger partial charge on any atom is -0.414 e. The van der Waals surface area contributed by atoms with Crippen LogP contribution in [0.25, 0.3) is 0 Å². The van der Waals surface area contributed by atoms with Gasteiger partial charge in [0.25, 0.3) is 0 Å². The van der Waals surface area contributed by atoms with Gasteiger partial charge in [0.1, 0.15) is 0 Å². The van der Waals surface area contributed by atoms with Gasteiger partial charge in [-0.05, 0) is 51.2 Å². The topological polar surface area (TPSA) is 35.5 Å². The molecule has 120 valence electrons. The highest BCUT2D eigenvalue weighted by Gasteiger charge is 2.43. The van der Waals surface area contributed by atoms with Crippen molar-refractivity contribution in [1.29, 1.82) is 0 Å². The first-order valence-electron chi connectivity index (χ1n) is 7.78. The van der Waals surface area contributed by atoms with E-state index < -0.39 is 15.7 Å². The zero-order valence-electron chi connectivity index (χ0n) is 14.5. The van der Waals surface area contributed by atoms with Crippen LogP contribution in [0.1, 0.15) is 53.9 Å². The van der Waals surface area contributed by atoms with E-state index in [9.17, 15) is 4.57 Å². The Morgan fingerprint density at radius 2 is 1.75 bits per heavy atom. The summed E-state index contributed by atoms with van der Waals surface area (Å²) in [6.45, 7) is 17.1. The molecule has 1 saturated carbocycles. The van der Waals surface area contributed by atoms with Crippen molar-refractivity contribution in [2.45, 2.75) is 89.9 Å². The van der Waals surface area contributed by atoms with E-state index in [4.69, 9.17) is 8.95 Å². The second-order valence-electron chi connectivity index (χ2n) is 8.03. The lowest BCUT2D eigenvalue weighted by molar-refractivity contribution is 0.186. The zero-order chi connectivity index (χ0) is 15.8. The molecule has 0 aromatic rings. The van der Waals surface area contributed by atoms with Crippen LogP contribution in [0.5, 0.6) is 0 Å². The molecule has 3 atom stereocenters. The molecule has 1 aliphatic rings. The third kappa shape index (κ3) is 4.69. The quantitative estimate of drug-likeness (QED) is 0.512. The van der Waals surface area contributed by atoms with Crippen LogP contribution in [-0.2, 0) is 13.5 Å². The Labute approximate surface area is 126 Å². The molecule has 1 fully saturated rings. The summed E-state index contributed by atoms with van der Waals surface area (Å²) in [5.74, 6) is 0. The normalized spacial score (nSPS) is 27.9. The molecule has 20 heavy (non-hydrogen) atoms. The van der Waals surface area contributed by atoms with Crippen molar-refractivity contribution >= 4 is 15.7 Å². The molecule has 1 rings (SSSR count). The fraction of sp³-hybridized carbons (Fsp3) is 1.00. The van der Waals surface area contributed by atoms with Gasteiger partial charge in [0.2, 0.25) is 7.37 Å². The molecular formula is C15H33O3PSi. The van der Waals surface area contributed by atoms with Gasteiger partial charge in [0.15, 0.2) is 8.32 Å². The van der Waals surface area contributed by atoms with E-state index in [0.29, 0.717) is 0 Å². The third-order valence-electron chi connectivity index (χ3n) is 4.71. The Morgan fingerprint density at radius 1 is 1.20 bits per heavy atom. The second-order valence-corrected chi connectivity index (χ2v) is 15.5. The van der Waals surface area contributed by atoms with Crippen LogP contribution in [0.3, 0.4) is 0 Å². The summed E-state index contributed by atoms with van der Waals surface area (Å²) in [4.78, 5) is 0. The highest BCUT2D eigenvalue weighted by molar-refractivity contribution is 7.58. The highest BCUT2D eigenvalue weighted by Crippen LogP contribution is 2.56. The van der Waals surface area contributed by atoms with Gasteiger partial charge in [-0.1, -0.05) is 20.8 Å².